The molecule has 3 rings (SSSR count). The molecule has 0 heterocycles. The normalized spacial score (nSPS) is 10.6. The summed E-state index contributed by atoms with van der Waals surface area (Å²) in [5.41, 5.74) is 5.61. The van der Waals surface area contributed by atoms with Crippen LogP contribution in [0.15, 0.2) is 60.7 Å². The Morgan fingerprint density at radius 2 is 0.850 bits per heavy atom. The van der Waals surface area contributed by atoms with Crippen molar-refractivity contribution in [2.24, 2.45) is 0 Å². The van der Waals surface area contributed by atoms with Crippen LogP contribution >= 0.6 is 0 Å². The highest BCUT2D eigenvalue weighted by atomic mass is 16.5. The SMILES string of the molecule is C#Cc1cc(-c2ccc(OCCCCCCCC)cc2)c(C#C)cc1-c1ccc(OCCCCCCCC)cc1. The van der Waals surface area contributed by atoms with E-state index in [4.69, 9.17) is 22.3 Å². The molecule has 0 radical (unpaired) electrons. The summed E-state index contributed by atoms with van der Waals surface area (Å²) in [4.78, 5) is 0. The van der Waals surface area contributed by atoms with Crippen molar-refractivity contribution in [2.45, 2.75) is 90.9 Å². The van der Waals surface area contributed by atoms with E-state index in [1.54, 1.807) is 0 Å². The van der Waals surface area contributed by atoms with Gasteiger partial charge in [-0.1, -0.05) is 114 Å². The number of hydrogen-bond acceptors (Lipinski definition) is 2. The summed E-state index contributed by atoms with van der Waals surface area (Å²) in [5, 5.41) is 0. The second-order valence-electron chi connectivity index (χ2n) is 10.5. The maximum absolute atomic E-state index is 5.96. The highest BCUT2D eigenvalue weighted by Crippen LogP contribution is 2.33. The lowest BCUT2D eigenvalue weighted by molar-refractivity contribution is 0.304. The molecule has 0 atom stereocenters. The van der Waals surface area contributed by atoms with Gasteiger partial charge in [-0.3, -0.25) is 0 Å². The van der Waals surface area contributed by atoms with Crippen molar-refractivity contribution in [3.63, 3.8) is 0 Å². The average Bonchev–Trinajstić information content (AvgIpc) is 3.00. The molecular weight excluding hydrogens is 488 g/mol. The Balaban J connectivity index is 1.62. The molecule has 0 fully saturated rings. The van der Waals surface area contributed by atoms with Crippen LogP contribution in [0.1, 0.15) is 102 Å². The van der Waals surface area contributed by atoms with Crippen molar-refractivity contribution < 1.29 is 9.47 Å². The van der Waals surface area contributed by atoms with Crippen LogP contribution < -0.4 is 9.47 Å². The standard InChI is InChI=1S/C38H46O2/c1-5-9-11-13-15-17-27-39-35-23-19-33(20-24-35)37-29-32(8-4)38(30-31(37)7-3)34-21-25-36(26-22-34)40-28-18-16-14-12-10-6-2/h3-4,19-26,29-30H,5-6,9-18,27-28H2,1-2H3. The van der Waals surface area contributed by atoms with E-state index in [1.807, 2.05) is 36.4 Å². The van der Waals surface area contributed by atoms with E-state index in [0.29, 0.717) is 0 Å². The van der Waals surface area contributed by atoms with E-state index in [9.17, 15) is 0 Å². The van der Waals surface area contributed by atoms with E-state index < -0.39 is 0 Å². The summed E-state index contributed by atoms with van der Waals surface area (Å²) >= 11 is 0. The number of unbranched alkanes of at least 4 members (excludes halogenated alkanes) is 10. The number of terminal acetylenes is 2. The van der Waals surface area contributed by atoms with E-state index in [0.717, 1.165) is 70.9 Å². The molecular formula is C38H46O2. The van der Waals surface area contributed by atoms with Gasteiger partial charge in [0, 0.05) is 11.1 Å². The molecule has 0 aromatic heterocycles. The van der Waals surface area contributed by atoms with Crippen LogP contribution in [0.2, 0.25) is 0 Å². The molecule has 40 heavy (non-hydrogen) atoms. The van der Waals surface area contributed by atoms with Crippen molar-refractivity contribution in [3.8, 4) is 58.4 Å². The van der Waals surface area contributed by atoms with Gasteiger partial charge in [-0.25, -0.2) is 0 Å². The highest BCUT2D eigenvalue weighted by molar-refractivity contribution is 5.81. The summed E-state index contributed by atoms with van der Waals surface area (Å²) in [7, 11) is 0. The third kappa shape index (κ3) is 9.84. The van der Waals surface area contributed by atoms with Gasteiger partial charge >= 0.3 is 0 Å². The average molecular weight is 535 g/mol. The van der Waals surface area contributed by atoms with Crippen LogP contribution in [0, 0.1) is 24.7 Å². The van der Waals surface area contributed by atoms with Crippen molar-refractivity contribution in [1.82, 2.24) is 0 Å². The summed E-state index contributed by atoms with van der Waals surface area (Å²) in [6, 6.07) is 20.3. The molecule has 0 unspecified atom stereocenters. The number of benzene rings is 3. The van der Waals surface area contributed by atoms with Crippen molar-refractivity contribution in [3.05, 3.63) is 71.8 Å². The predicted molar refractivity (Wildman–Crippen MR) is 171 cm³/mol. The first-order valence-electron chi connectivity index (χ1n) is 15.3. The molecule has 2 nitrogen and oxygen atoms in total. The summed E-state index contributed by atoms with van der Waals surface area (Å²) in [6.07, 6.45) is 27.0. The molecule has 0 saturated carbocycles. The first kappa shape index (κ1) is 30.9. The Hall–Kier alpha value is -3.62. The minimum Gasteiger partial charge on any atom is -0.494 e. The molecule has 0 amide bonds. The zero-order valence-electron chi connectivity index (χ0n) is 24.6. The first-order valence-corrected chi connectivity index (χ1v) is 15.3. The van der Waals surface area contributed by atoms with Gasteiger partial charge in [0.05, 0.1) is 13.2 Å². The van der Waals surface area contributed by atoms with E-state index >= 15 is 0 Å². The predicted octanol–water partition coefficient (Wildman–Crippen LogP) is 10.5. The van der Waals surface area contributed by atoms with Gasteiger partial charge in [0.1, 0.15) is 11.5 Å². The molecule has 0 spiro atoms. The van der Waals surface area contributed by atoms with Gasteiger partial charge < -0.3 is 9.47 Å². The molecule has 0 N–H and O–H groups in total. The van der Waals surface area contributed by atoms with Gasteiger partial charge in [0.2, 0.25) is 0 Å². The zero-order valence-corrected chi connectivity index (χ0v) is 24.6. The Morgan fingerprint density at radius 1 is 0.500 bits per heavy atom. The van der Waals surface area contributed by atoms with E-state index in [2.05, 4.69) is 50.0 Å². The van der Waals surface area contributed by atoms with Crippen molar-refractivity contribution in [1.29, 1.82) is 0 Å². The maximum Gasteiger partial charge on any atom is 0.119 e. The first-order chi connectivity index (χ1) is 19.7. The molecule has 3 aromatic rings. The van der Waals surface area contributed by atoms with Crippen LogP contribution in [0.5, 0.6) is 11.5 Å². The Bertz CT molecular complexity index is 1120. The maximum atomic E-state index is 5.96. The fourth-order valence-electron chi connectivity index (χ4n) is 4.92. The minimum absolute atomic E-state index is 0.750. The zero-order chi connectivity index (χ0) is 28.4. The fraction of sp³-hybridized carbons (Fsp3) is 0.421. The Labute approximate surface area is 243 Å². The third-order valence-electron chi connectivity index (χ3n) is 7.33. The Morgan fingerprint density at radius 3 is 1.20 bits per heavy atom. The van der Waals surface area contributed by atoms with Crippen LogP contribution in [0.25, 0.3) is 22.3 Å². The molecule has 2 heteroatoms. The molecule has 0 bridgehead atoms. The van der Waals surface area contributed by atoms with Gasteiger partial charge in [0.15, 0.2) is 0 Å². The summed E-state index contributed by atoms with van der Waals surface area (Å²) in [6.45, 7) is 5.99. The minimum atomic E-state index is 0.750. The molecule has 0 saturated heterocycles. The van der Waals surface area contributed by atoms with Crippen LogP contribution in [-0.2, 0) is 0 Å². The number of rotatable bonds is 18. The van der Waals surface area contributed by atoms with Crippen LogP contribution in [-0.4, -0.2) is 13.2 Å². The van der Waals surface area contributed by atoms with Gasteiger partial charge in [-0.2, -0.15) is 0 Å². The lowest BCUT2D eigenvalue weighted by Gasteiger charge is -2.13. The molecule has 0 aliphatic rings. The fourth-order valence-corrected chi connectivity index (χ4v) is 4.92. The quantitative estimate of drug-likeness (QED) is 0.119. The van der Waals surface area contributed by atoms with E-state index in [-0.39, 0.29) is 0 Å². The second kappa shape index (κ2) is 17.9. The van der Waals surface area contributed by atoms with Gasteiger partial charge in [0.25, 0.3) is 0 Å². The molecule has 0 aliphatic carbocycles. The van der Waals surface area contributed by atoms with Crippen LogP contribution in [0.3, 0.4) is 0 Å². The summed E-state index contributed by atoms with van der Waals surface area (Å²) in [5.74, 6) is 7.51. The van der Waals surface area contributed by atoms with Crippen molar-refractivity contribution >= 4 is 0 Å². The van der Waals surface area contributed by atoms with Crippen LogP contribution in [0.4, 0.5) is 0 Å². The van der Waals surface area contributed by atoms with E-state index in [1.165, 1.54) is 64.2 Å². The van der Waals surface area contributed by atoms with Gasteiger partial charge in [-0.05, 0) is 71.5 Å². The van der Waals surface area contributed by atoms with Gasteiger partial charge in [-0.15, -0.1) is 12.8 Å². The molecule has 210 valence electrons. The lowest BCUT2D eigenvalue weighted by Crippen LogP contribution is -1.98. The largest absolute Gasteiger partial charge is 0.494 e. The summed E-state index contributed by atoms with van der Waals surface area (Å²) < 4.78 is 11.9. The lowest BCUT2D eigenvalue weighted by atomic mass is 9.91. The topological polar surface area (TPSA) is 18.5 Å². The second-order valence-corrected chi connectivity index (χ2v) is 10.5. The smallest absolute Gasteiger partial charge is 0.119 e. The number of ether oxygens (including phenoxy) is 2. The third-order valence-corrected chi connectivity index (χ3v) is 7.33. The monoisotopic (exact) mass is 534 g/mol. The highest BCUT2D eigenvalue weighted by Gasteiger charge is 2.12. The molecule has 0 aliphatic heterocycles. The number of hydrogen-bond donors (Lipinski definition) is 0. The Kier molecular flexibility index (Phi) is 13.8. The molecule has 3 aromatic carbocycles. The van der Waals surface area contributed by atoms with Crippen molar-refractivity contribution in [2.75, 3.05) is 13.2 Å².